The molecular formula is C17H22ClN3. The van der Waals surface area contributed by atoms with E-state index < -0.39 is 0 Å². The van der Waals surface area contributed by atoms with E-state index in [-0.39, 0.29) is 0 Å². The fourth-order valence-electron chi connectivity index (χ4n) is 3.21. The molecule has 1 unspecified atom stereocenters. The molecule has 1 fully saturated rings. The smallest absolute Gasteiger partial charge is 0.136 e. The molecule has 0 amide bonds. The Labute approximate surface area is 131 Å². The van der Waals surface area contributed by atoms with Gasteiger partial charge in [-0.3, -0.25) is 0 Å². The van der Waals surface area contributed by atoms with Gasteiger partial charge in [0.05, 0.1) is 11.6 Å². The van der Waals surface area contributed by atoms with E-state index in [1.165, 1.54) is 30.2 Å². The van der Waals surface area contributed by atoms with Crippen molar-refractivity contribution in [2.24, 2.45) is 0 Å². The number of halogens is 1. The zero-order valence-electron chi connectivity index (χ0n) is 12.7. The van der Waals surface area contributed by atoms with Crippen LogP contribution in [0, 0.1) is 0 Å². The fourth-order valence-corrected chi connectivity index (χ4v) is 3.34. The molecule has 0 aliphatic carbocycles. The average molecular weight is 304 g/mol. The minimum Gasteiger partial charge on any atom is -0.358 e. The number of hydrogen-bond acceptors (Lipinski definition) is 3. The minimum absolute atomic E-state index is 0.453. The second kappa shape index (κ2) is 6.20. The Hall–Kier alpha value is -1.32. The van der Waals surface area contributed by atoms with Gasteiger partial charge in [-0.1, -0.05) is 24.3 Å². The van der Waals surface area contributed by atoms with Gasteiger partial charge in [0.1, 0.15) is 5.82 Å². The number of aromatic nitrogens is 1. The lowest BCUT2D eigenvalue weighted by Gasteiger charge is -2.27. The van der Waals surface area contributed by atoms with Crippen molar-refractivity contribution in [3.8, 4) is 0 Å². The van der Waals surface area contributed by atoms with Gasteiger partial charge >= 0.3 is 0 Å². The minimum atomic E-state index is 0.453. The third kappa shape index (κ3) is 2.99. The number of likely N-dealkylation sites (N-methyl/N-ethyl adjacent to an activating group) is 2. The first-order valence-corrected chi connectivity index (χ1v) is 8.08. The highest BCUT2D eigenvalue weighted by molar-refractivity contribution is 6.17. The van der Waals surface area contributed by atoms with Gasteiger partial charge in [-0.2, -0.15) is 0 Å². The number of anilines is 1. The summed E-state index contributed by atoms with van der Waals surface area (Å²) in [6, 6.07) is 11.1. The summed E-state index contributed by atoms with van der Waals surface area (Å²) in [5, 5.41) is 2.42. The maximum atomic E-state index is 6.01. The van der Waals surface area contributed by atoms with Crippen molar-refractivity contribution in [1.82, 2.24) is 9.88 Å². The van der Waals surface area contributed by atoms with Crippen LogP contribution in [0.5, 0.6) is 0 Å². The number of fused-ring (bicyclic) bond motifs is 1. The van der Waals surface area contributed by atoms with Crippen LogP contribution in [0.4, 0.5) is 5.82 Å². The first kappa shape index (κ1) is 14.6. The molecule has 1 aliphatic heterocycles. The fraction of sp³-hybridized carbons (Fsp3) is 0.471. The Morgan fingerprint density at radius 1 is 1.38 bits per heavy atom. The Balaban J connectivity index is 1.94. The number of hydrogen-bond donors (Lipinski definition) is 0. The highest BCUT2D eigenvalue weighted by Crippen LogP contribution is 2.27. The van der Waals surface area contributed by atoms with E-state index in [4.69, 9.17) is 16.6 Å². The summed E-state index contributed by atoms with van der Waals surface area (Å²) in [6.07, 6.45) is 2.57. The van der Waals surface area contributed by atoms with Crippen molar-refractivity contribution in [3.05, 3.63) is 36.0 Å². The summed E-state index contributed by atoms with van der Waals surface area (Å²) in [6.45, 7) is 2.22. The lowest BCUT2D eigenvalue weighted by molar-refractivity contribution is 0.314. The topological polar surface area (TPSA) is 19.4 Å². The predicted octanol–water partition coefficient (Wildman–Crippen LogP) is 3.50. The first-order valence-electron chi connectivity index (χ1n) is 7.55. The van der Waals surface area contributed by atoms with Crippen LogP contribution in [0.15, 0.2) is 30.3 Å². The van der Waals surface area contributed by atoms with Gasteiger partial charge in [0, 0.05) is 25.0 Å². The summed E-state index contributed by atoms with van der Waals surface area (Å²) in [4.78, 5) is 9.49. The van der Waals surface area contributed by atoms with Crippen LogP contribution in [-0.2, 0) is 5.88 Å². The van der Waals surface area contributed by atoms with Crippen molar-refractivity contribution >= 4 is 28.2 Å². The normalized spacial score (nSPS) is 19.3. The zero-order chi connectivity index (χ0) is 14.8. The molecule has 1 aromatic heterocycles. The summed E-state index contributed by atoms with van der Waals surface area (Å²) < 4.78 is 0. The maximum Gasteiger partial charge on any atom is 0.136 e. The summed E-state index contributed by atoms with van der Waals surface area (Å²) in [7, 11) is 4.35. The van der Waals surface area contributed by atoms with Crippen molar-refractivity contribution in [1.29, 1.82) is 0 Å². The van der Waals surface area contributed by atoms with Gasteiger partial charge in [0.25, 0.3) is 0 Å². The van der Waals surface area contributed by atoms with Crippen LogP contribution in [0.3, 0.4) is 0 Å². The number of likely N-dealkylation sites (tertiary alicyclic amines) is 1. The van der Waals surface area contributed by atoms with Crippen molar-refractivity contribution < 1.29 is 0 Å². The van der Waals surface area contributed by atoms with Gasteiger partial charge in [0.15, 0.2) is 0 Å². The second-order valence-corrected chi connectivity index (χ2v) is 6.22. The van der Waals surface area contributed by atoms with E-state index in [9.17, 15) is 0 Å². The molecule has 0 N–H and O–H groups in total. The Bertz CT molecular complexity index is 628. The van der Waals surface area contributed by atoms with E-state index in [0.29, 0.717) is 11.9 Å². The average Bonchev–Trinajstić information content (AvgIpc) is 2.91. The monoisotopic (exact) mass is 303 g/mol. The number of pyridine rings is 1. The first-order chi connectivity index (χ1) is 10.2. The molecule has 0 radical (unpaired) electrons. The van der Waals surface area contributed by atoms with E-state index in [1.54, 1.807) is 0 Å². The summed E-state index contributed by atoms with van der Waals surface area (Å²) in [5.74, 6) is 1.50. The molecule has 1 atom stereocenters. The highest BCUT2D eigenvalue weighted by atomic mass is 35.5. The predicted molar refractivity (Wildman–Crippen MR) is 90.2 cm³/mol. The van der Waals surface area contributed by atoms with E-state index in [1.807, 2.05) is 0 Å². The van der Waals surface area contributed by atoms with E-state index >= 15 is 0 Å². The third-order valence-corrected chi connectivity index (χ3v) is 4.70. The number of rotatable bonds is 4. The molecular weight excluding hydrogens is 282 g/mol. The van der Waals surface area contributed by atoms with E-state index in [0.717, 1.165) is 18.1 Å². The Kier molecular flexibility index (Phi) is 4.32. The van der Waals surface area contributed by atoms with Crippen LogP contribution >= 0.6 is 11.6 Å². The second-order valence-electron chi connectivity index (χ2n) is 5.95. The molecule has 3 rings (SSSR count). The van der Waals surface area contributed by atoms with Crippen LogP contribution in [-0.4, -0.2) is 43.1 Å². The number of alkyl halides is 1. The van der Waals surface area contributed by atoms with Crippen molar-refractivity contribution in [3.63, 3.8) is 0 Å². The molecule has 0 spiro atoms. The molecule has 1 aliphatic rings. The van der Waals surface area contributed by atoms with Gasteiger partial charge < -0.3 is 9.80 Å². The Morgan fingerprint density at radius 3 is 2.90 bits per heavy atom. The molecule has 0 saturated carbocycles. The molecule has 1 saturated heterocycles. The Morgan fingerprint density at radius 2 is 2.19 bits per heavy atom. The maximum absolute atomic E-state index is 6.01. The summed E-state index contributed by atoms with van der Waals surface area (Å²) >= 11 is 6.01. The molecule has 4 heteroatoms. The lowest BCUT2D eigenvalue weighted by Crippen LogP contribution is -2.37. The van der Waals surface area contributed by atoms with Crippen LogP contribution in [0.25, 0.3) is 10.8 Å². The highest BCUT2D eigenvalue weighted by Gasteiger charge is 2.23. The van der Waals surface area contributed by atoms with Crippen LogP contribution in [0.2, 0.25) is 0 Å². The number of nitrogens with zero attached hydrogens (tertiary/aromatic N) is 3. The molecule has 3 nitrogen and oxygen atoms in total. The van der Waals surface area contributed by atoms with Crippen molar-refractivity contribution in [2.75, 3.05) is 32.1 Å². The van der Waals surface area contributed by atoms with Crippen molar-refractivity contribution in [2.45, 2.75) is 24.8 Å². The third-order valence-electron chi connectivity index (χ3n) is 4.43. The van der Waals surface area contributed by atoms with Crippen LogP contribution in [0.1, 0.15) is 18.5 Å². The van der Waals surface area contributed by atoms with Crippen LogP contribution < -0.4 is 4.90 Å². The SMILES string of the molecule is CN(CC1CCCN1C)c1nc(CCl)cc2ccccc12. The zero-order valence-corrected chi connectivity index (χ0v) is 13.5. The molecule has 21 heavy (non-hydrogen) atoms. The van der Waals surface area contributed by atoms with Gasteiger partial charge in [0.2, 0.25) is 0 Å². The standard InChI is InChI=1S/C17H22ClN3/c1-20-9-5-7-15(20)12-21(2)17-16-8-4-3-6-13(16)10-14(11-18)19-17/h3-4,6,8,10,15H,5,7,9,11-12H2,1-2H3. The number of benzene rings is 1. The quantitative estimate of drug-likeness (QED) is 0.806. The summed E-state index contributed by atoms with van der Waals surface area (Å²) in [5.41, 5.74) is 0.942. The van der Waals surface area contributed by atoms with Gasteiger partial charge in [-0.15, -0.1) is 11.6 Å². The molecule has 2 heterocycles. The van der Waals surface area contributed by atoms with Gasteiger partial charge in [-0.25, -0.2) is 4.98 Å². The molecule has 112 valence electrons. The largest absolute Gasteiger partial charge is 0.358 e. The lowest BCUT2D eigenvalue weighted by atomic mass is 10.1. The molecule has 0 bridgehead atoms. The molecule has 1 aromatic carbocycles. The van der Waals surface area contributed by atoms with Gasteiger partial charge in [-0.05, 0) is 37.9 Å². The molecule has 2 aromatic rings. The van der Waals surface area contributed by atoms with E-state index in [2.05, 4.69) is 54.2 Å².